The van der Waals surface area contributed by atoms with Gasteiger partial charge in [-0.25, -0.2) is 0 Å². The third-order valence-corrected chi connectivity index (χ3v) is 2.85. The molecule has 0 spiro atoms. The van der Waals surface area contributed by atoms with E-state index < -0.39 is 0 Å². The Morgan fingerprint density at radius 3 is 2.85 bits per heavy atom. The first kappa shape index (κ1) is 10.7. The fourth-order valence-corrected chi connectivity index (χ4v) is 1.90. The highest BCUT2D eigenvalue weighted by molar-refractivity contribution is 14.1. The third-order valence-electron chi connectivity index (χ3n) is 1.69. The Morgan fingerprint density at radius 2 is 2.31 bits per heavy atom. The Kier molecular flexibility index (Phi) is 3.92. The van der Waals surface area contributed by atoms with Crippen LogP contribution in [0.15, 0.2) is 18.2 Å². The molecule has 3 N–H and O–H groups in total. The molecule has 2 nitrogen and oxygen atoms in total. The van der Waals surface area contributed by atoms with Gasteiger partial charge in [-0.1, -0.05) is 6.92 Å². The third kappa shape index (κ3) is 3.11. The first-order chi connectivity index (χ1) is 6.13. The fraction of sp³-hybridized carbons (Fsp3) is 0.222. The van der Waals surface area contributed by atoms with Gasteiger partial charge in [0.25, 0.3) is 0 Å². The lowest BCUT2D eigenvalue weighted by Gasteiger charge is -2.07. The number of benzene rings is 1. The van der Waals surface area contributed by atoms with Crippen LogP contribution in [0.4, 0.5) is 5.69 Å². The van der Waals surface area contributed by atoms with E-state index in [2.05, 4.69) is 47.0 Å². The van der Waals surface area contributed by atoms with Crippen molar-refractivity contribution >= 4 is 45.6 Å². The molecule has 1 aromatic carbocycles. The van der Waals surface area contributed by atoms with Crippen LogP contribution >= 0.6 is 34.8 Å². The van der Waals surface area contributed by atoms with Gasteiger partial charge in [-0.2, -0.15) is 0 Å². The molecule has 0 unspecified atom stereocenters. The Labute approximate surface area is 97.0 Å². The van der Waals surface area contributed by atoms with Gasteiger partial charge < -0.3 is 11.1 Å². The van der Waals surface area contributed by atoms with E-state index in [9.17, 15) is 0 Å². The van der Waals surface area contributed by atoms with Gasteiger partial charge in [-0.05, 0) is 65.0 Å². The lowest BCUT2D eigenvalue weighted by molar-refractivity contribution is 1.13. The minimum Gasteiger partial charge on any atom is -0.376 e. The van der Waals surface area contributed by atoms with E-state index in [4.69, 9.17) is 18.0 Å². The standard InChI is InChI=1S/C9H11IN2S/c1-2-6-5-7(12-9(11)13)3-4-8(6)10/h3-5H,2H2,1H3,(H3,11,12,13). The lowest BCUT2D eigenvalue weighted by atomic mass is 10.1. The zero-order chi connectivity index (χ0) is 9.84. The summed E-state index contributed by atoms with van der Waals surface area (Å²) in [5.41, 5.74) is 7.64. The molecule has 0 aliphatic heterocycles. The summed E-state index contributed by atoms with van der Waals surface area (Å²) < 4.78 is 1.27. The highest BCUT2D eigenvalue weighted by Crippen LogP contribution is 2.17. The van der Waals surface area contributed by atoms with Gasteiger partial charge in [0.2, 0.25) is 0 Å². The largest absolute Gasteiger partial charge is 0.376 e. The molecule has 1 aromatic rings. The number of aryl methyl sites for hydroxylation is 1. The van der Waals surface area contributed by atoms with Crippen LogP contribution in [0.2, 0.25) is 0 Å². The predicted molar refractivity (Wildman–Crippen MR) is 68.9 cm³/mol. The molecule has 13 heavy (non-hydrogen) atoms. The highest BCUT2D eigenvalue weighted by Gasteiger charge is 1.99. The summed E-state index contributed by atoms with van der Waals surface area (Å²) in [6, 6.07) is 6.10. The molecular weight excluding hydrogens is 295 g/mol. The van der Waals surface area contributed by atoms with Gasteiger partial charge in [-0.3, -0.25) is 0 Å². The average molecular weight is 306 g/mol. The molecule has 0 amide bonds. The Morgan fingerprint density at radius 1 is 1.62 bits per heavy atom. The van der Waals surface area contributed by atoms with E-state index in [1.54, 1.807) is 0 Å². The van der Waals surface area contributed by atoms with E-state index in [-0.39, 0.29) is 0 Å². The van der Waals surface area contributed by atoms with Crippen molar-refractivity contribution in [2.45, 2.75) is 13.3 Å². The number of hydrogen-bond acceptors (Lipinski definition) is 1. The summed E-state index contributed by atoms with van der Waals surface area (Å²) >= 11 is 7.07. The fourth-order valence-electron chi connectivity index (χ4n) is 1.07. The molecule has 4 heteroatoms. The van der Waals surface area contributed by atoms with Gasteiger partial charge in [0.15, 0.2) is 5.11 Å². The molecule has 0 atom stereocenters. The second kappa shape index (κ2) is 4.76. The zero-order valence-electron chi connectivity index (χ0n) is 7.30. The van der Waals surface area contributed by atoms with Crippen molar-refractivity contribution in [1.29, 1.82) is 0 Å². The molecule has 0 fully saturated rings. The monoisotopic (exact) mass is 306 g/mol. The molecule has 0 saturated heterocycles. The van der Waals surface area contributed by atoms with E-state index in [1.165, 1.54) is 9.13 Å². The maximum absolute atomic E-state index is 5.37. The second-order valence-corrected chi connectivity index (χ2v) is 4.25. The van der Waals surface area contributed by atoms with E-state index >= 15 is 0 Å². The van der Waals surface area contributed by atoms with Crippen LogP contribution in [0, 0.1) is 3.57 Å². The molecule has 0 saturated carbocycles. The Balaban J connectivity index is 2.92. The normalized spacial score (nSPS) is 9.69. The van der Waals surface area contributed by atoms with Crippen LogP contribution in [-0.4, -0.2) is 5.11 Å². The summed E-state index contributed by atoms with van der Waals surface area (Å²) in [4.78, 5) is 0. The second-order valence-electron chi connectivity index (χ2n) is 2.65. The van der Waals surface area contributed by atoms with Gasteiger partial charge in [0.1, 0.15) is 0 Å². The van der Waals surface area contributed by atoms with Crippen LogP contribution in [0.1, 0.15) is 12.5 Å². The molecule has 0 aliphatic rings. The number of nitrogens with two attached hydrogens (primary N) is 1. The van der Waals surface area contributed by atoms with Crippen molar-refractivity contribution in [1.82, 2.24) is 0 Å². The number of halogens is 1. The summed E-state index contributed by atoms with van der Waals surface area (Å²) in [7, 11) is 0. The van der Waals surface area contributed by atoms with Crippen LogP contribution < -0.4 is 11.1 Å². The molecule has 0 radical (unpaired) electrons. The number of thiocarbonyl (C=S) groups is 1. The molecular formula is C9H11IN2S. The number of hydrogen-bond donors (Lipinski definition) is 2. The van der Waals surface area contributed by atoms with Crippen molar-refractivity contribution < 1.29 is 0 Å². The van der Waals surface area contributed by atoms with Gasteiger partial charge in [-0.15, -0.1) is 0 Å². The molecule has 0 aromatic heterocycles. The molecule has 0 heterocycles. The maximum atomic E-state index is 5.37. The quantitative estimate of drug-likeness (QED) is 0.651. The minimum absolute atomic E-state index is 0.309. The highest BCUT2D eigenvalue weighted by atomic mass is 127. The number of anilines is 1. The van der Waals surface area contributed by atoms with E-state index in [0.717, 1.165) is 12.1 Å². The van der Waals surface area contributed by atoms with Gasteiger partial charge >= 0.3 is 0 Å². The van der Waals surface area contributed by atoms with Crippen molar-refractivity contribution in [3.63, 3.8) is 0 Å². The summed E-state index contributed by atoms with van der Waals surface area (Å²) in [6.45, 7) is 2.13. The molecule has 1 rings (SSSR count). The van der Waals surface area contributed by atoms with E-state index in [0.29, 0.717) is 5.11 Å². The zero-order valence-corrected chi connectivity index (χ0v) is 10.3. The molecule has 0 bridgehead atoms. The van der Waals surface area contributed by atoms with Gasteiger partial charge in [0.05, 0.1) is 0 Å². The first-order valence-corrected chi connectivity index (χ1v) is 5.47. The van der Waals surface area contributed by atoms with Crippen LogP contribution in [0.3, 0.4) is 0 Å². The Bertz CT molecular complexity index is 325. The minimum atomic E-state index is 0.309. The van der Waals surface area contributed by atoms with Crippen LogP contribution in [0.5, 0.6) is 0 Å². The van der Waals surface area contributed by atoms with Crippen molar-refractivity contribution in [2.75, 3.05) is 5.32 Å². The first-order valence-electron chi connectivity index (χ1n) is 3.98. The molecule has 70 valence electrons. The van der Waals surface area contributed by atoms with Gasteiger partial charge in [0, 0.05) is 9.26 Å². The van der Waals surface area contributed by atoms with Crippen molar-refractivity contribution in [3.05, 3.63) is 27.3 Å². The maximum Gasteiger partial charge on any atom is 0.168 e. The number of rotatable bonds is 2. The van der Waals surface area contributed by atoms with Crippen LogP contribution in [0.25, 0.3) is 0 Å². The van der Waals surface area contributed by atoms with Crippen molar-refractivity contribution in [2.24, 2.45) is 5.73 Å². The van der Waals surface area contributed by atoms with E-state index in [1.807, 2.05) is 6.07 Å². The lowest BCUT2D eigenvalue weighted by Crippen LogP contribution is -2.18. The Hall–Kier alpha value is -0.360. The SMILES string of the molecule is CCc1cc(NC(N)=S)ccc1I. The smallest absolute Gasteiger partial charge is 0.168 e. The summed E-state index contributed by atoms with van der Waals surface area (Å²) in [5.74, 6) is 0. The predicted octanol–water partition coefficient (Wildman–Crippen LogP) is 2.51. The average Bonchev–Trinajstić information content (AvgIpc) is 2.07. The summed E-state index contributed by atoms with van der Waals surface area (Å²) in [6.07, 6.45) is 1.02. The topological polar surface area (TPSA) is 38.0 Å². The van der Waals surface area contributed by atoms with Crippen LogP contribution in [-0.2, 0) is 6.42 Å². The molecule has 0 aliphatic carbocycles. The number of nitrogens with one attached hydrogen (secondary N) is 1. The van der Waals surface area contributed by atoms with Crippen molar-refractivity contribution in [3.8, 4) is 0 Å². The summed E-state index contributed by atoms with van der Waals surface area (Å²) in [5, 5.41) is 3.22.